The van der Waals surface area contributed by atoms with Gasteiger partial charge in [0.05, 0.1) is 0 Å². The molecule has 1 aromatic carbocycles. The summed E-state index contributed by atoms with van der Waals surface area (Å²) in [5.74, 6) is 0. The van der Waals surface area contributed by atoms with Crippen LogP contribution in [-0.4, -0.2) is 13.1 Å². The Hall–Kier alpha value is -1.28. The Kier molecular flexibility index (Phi) is 5.06. The summed E-state index contributed by atoms with van der Waals surface area (Å²) in [6.07, 6.45) is 3.08. The Morgan fingerprint density at radius 2 is 2.00 bits per heavy atom. The highest BCUT2D eigenvalue weighted by atomic mass is 15.1. The van der Waals surface area contributed by atoms with Crippen LogP contribution >= 0.6 is 0 Å². The molecule has 0 aliphatic heterocycles. The van der Waals surface area contributed by atoms with Gasteiger partial charge in [0.15, 0.2) is 0 Å². The molecule has 0 saturated heterocycles. The summed E-state index contributed by atoms with van der Waals surface area (Å²) in [5, 5.41) is 0. The fourth-order valence-corrected chi connectivity index (χ4v) is 1.74. The van der Waals surface area contributed by atoms with E-state index in [1.165, 1.54) is 11.3 Å². The molecule has 0 bridgehead atoms. The minimum Gasteiger partial charge on any atom is -0.368 e. The van der Waals surface area contributed by atoms with Crippen molar-refractivity contribution in [1.29, 1.82) is 0 Å². The second-order valence-corrected chi connectivity index (χ2v) is 4.11. The molecule has 0 saturated carbocycles. The fraction of sp³-hybridized carbons (Fsp3) is 0.429. The number of hydrogen-bond acceptors (Lipinski definition) is 2. The fourth-order valence-electron chi connectivity index (χ4n) is 1.74. The maximum absolute atomic E-state index is 5.83. The Bertz CT molecular complexity index is 314. The first-order chi connectivity index (χ1) is 7.69. The van der Waals surface area contributed by atoms with Crippen LogP contribution < -0.4 is 10.6 Å². The van der Waals surface area contributed by atoms with Crippen molar-refractivity contribution < 1.29 is 0 Å². The van der Waals surface area contributed by atoms with Crippen LogP contribution in [0.25, 0.3) is 0 Å². The molecule has 0 fully saturated rings. The molecule has 1 rings (SSSR count). The Labute approximate surface area is 98.8 Å². The van der Waals surface area contributed by atoms with E-state index in [0.717, 1.165) is 19.5 Å². The molecule has 0 unspecified atom stereocenters. The molecule has 0 heterocycles. The van der Waals surface area contributed by atoms with Gasteiger partial charge in [-0.05, 0) is 31.0 Å². The number of nitrogens with zero attached hydrogens (tertiary/aromatic N) is 1. The van der Waals surface area contributed by atoms with Crippen LogP contribution in [0.1, 0.15) is 31.9 Å². The molecule has 0 aliphatic carbocycles. The highest BCUT2D eigenvalue weighted by molar-refractivity contribution is 5.48. The van der Waals surface area contributed by atoms with Crippen LogP contribution in [0.2, 0.25) is 0 Å². The van der Waals surface area contributed by atoms with Gasteiger partial charge in [0.2, 0.25) is 0 Å². The number of hydrogen-bond donors (Lipinski definition) is 1. The molecule has 0 radical (unpaired) electrons. The van der Waals surface area contributed by atoms with Gasteiger partial charge in [-0.3, -0.25) is 0 Å². The number of rotatable bonds is 6. The van der Waals surface area contributed by atoms with Crippen molar-refractivity contribution in [2.75, 3.05) is 18.0 Å². The van der Waals surface area contributed by atoms with Crippen LogP contribution in [0.15, 0.2) is 36.9 Å². The molecule has 1 aromatic rings. The monoisotopic (exact) mass is 218 g/mol. The molecule has 2 nitrogen and oxygen atoms in total. The lowest BCUT2D eigenvalue weighted by molar-refractivity contribution is 0.806. The van der Waals surface area contributed by atoms with Crippen LogP contribution in [0.5, 0.6) is 0 Å². The van der Waals surface area contributed by atoms with E-state index in [9.17, 15) is 0 Å². The van der Waals surface area contributed by atoms with E-state index in [-0.39, 0.29) is 6.04 Å². The first kappa shape index (κ1) is 12.8. The zero-order valence-corrected chi connectivity index (χ0v) is 10.3. The van der Waals surface area contributed by atoms with Crippen LogP contribution in [0, 0.1) is 0 Å². The average molecular weight is 218 g/mol. The zero-order valence-electron chi connectivity index (χ0n) is 10.3. The van der Waals surface area contributed by atoms with E-state index in [0.29, 0.717) is 0 Å². The first-order valence-corrected chi connectivity index (χ1v) is 5.90. The van der Waals surface area contributed by atoms with Gasteiger partial charge in [0, 0.05) is 24.8 Å². The van der Waals surface area contributed by atoms with Crippen molar-refractivity contribution in [3.8, 4) is 0 Å². The molecule has 2 heteroatoms. The van der Waals surface area contributed by atoms with Crippen molar-refractivity contribution in [3.63, 3.8) is 0 Å². The van der Waals surface area contributed by atoms with Gasteiger partial charge >= 0.3 is 0 Å². The zero-order chi connectivity index (χ0) is 12.0. The summed E-state index contributed by atoms with van der Waals surface area (Å²) in [6, 6.07) is 8.58. The van der Waals surface area contributed by atoms with Crippen molar-refractivity contribution in [2.45, 2.75) is 26.3 Å². The second-order valence-electron chi connectivity index (χ2n) is 4.11. The number of benzene rings is 1. The molecular weight excluding hydrogens is 196 g/mol. The minimum atomic E-state index is 0.105. The van der Waals surface area contributed by atoms with Gasteiger partial charge in [-0.2, -0.15) is 0 Å². The topological polar surface area (TPSA) is 29.3 Å². The predicted octanol–water partition coefficient (Wildman–Crippen LogP) is 3.11. The molecule has 1 atom stereocenters. The molecule has 88 valence electrons. The third-order valence-electron chi connectivity index (χ3n) is 2.63. The van der Waals surface area contributed by atoms with Crippen LogP contribution in [-0.2, 0) is 0 Å². The molecular formula is C14H22N2. The van der Waals surface area contributed by atoms with Crippen molar-refractivity contribution in [2.24, 2.45) is 5.73 Å². The standard InChI is InChI=1S/C14H22N2/c1-4-10-16(11-5-2)14-8-6-13(7-9-14)12(3)15/h4,6-9,12H,1,5,10-11,15H2,2-3H3/t12-/m1/s1. The van der Waals surface area contributed by atoms with Crippen LogP contribution in [0.4, 0.5) is 5.69 Å². The first-order valence-electron chi connectivity index (χ1n) is 5.90. The second kappa shape index (κ2) is 6.33. The molecule has 0 spiro atoms. The van der Waals surface area contributed by atoms with Gasteiger partial charge in [0.1, 0.15) is 0 Å². The molecule has 0 amide bonds. The summed E-state index contributed by atoms with van der Waals surface area (Å²) >= 11 is 0. The number of anilines is 1. The van der Waals surface area contributed by atoms with Crippen molar-refractivity contribution in [3.05, 3.63) is 42.5 Å². The van der Waals surface area contributed by atoms with E-state index in [1.807, 2.05) is 13.0 Å². The molecule has 0 aromatic heterocycles. The van der Waals surface area contributed by atoms with Gasteiger partial charge in [0.25, 0.3) is 0 Å². The lowest BCUT2D eigenvalue weighted by Crippen LogP contribution is -2.23. The van der Waals surface area contributed by atoms with Crippen molar-refractivity contribution in [1.82, 2.24) is 0 Å². The highest BCUT2D eigenvalue weighted by Gasteiger charge is 2.04. The van der Waals surface area contributed by atoms with E-state index in [2.05, 4.69) is 42.7 Å². The Morgan fingerprint density at radius 3 is 2.44 bits per heavy atom. The van der Waals surface area contributed by atoms with E-state index in [4.69, 9.17) is 5.73 Å². The van der Waals surface area contributed by atoms with Gasteiger partial charge < -0.3 is 10.6 Å². The summed E-state index contributed by atoms with van der Waals surface area (Å²) in [5.41, 5.74) is 8.25. The molecule has 0 aliphatic rings. The minimum absolute atomic E-state index is 0.105. The summed E-state index contributed by atoms with van der Waals surface area (Å²) in [6.45, 7) is 9.94. The lowest BCUT2D eigenvalue weighted by atomic mass is 10.1. The maximum atomic E-state index is 5.83. The Morgan fingerprint density at radius 1 is 1.38 bits per heavy atom. The summed E-state index contributed by atoms with van der Waals surface area (Å²) in [4.78, 5) is 2.32. The normalized spacial score (nSPS) is 12.2. The van der Waals surface area contributed by atoms with Gasteiger partial charge in [-0.15, -0.1) is 6.58 Å². The van der Waals surface area contributed by atoms with E-state index < -0.39 is 0 Å². The largest absolute Gasteiger partial charge is 0.368 e. The summed E-state index contributed by atoms with van der Waals surface area (Å²) < 4.78 is 0. The van der Waals surface area contributed by atoms with Gasteiger partial charge in [-0.1, -0.05) is 25.1 Å². The highest BCUT2D eigenvalue weighted by Crippen LogP contribution is 2.18. The quantitative estimate of drug-likeness (QED) is 0.743. The SMILES string of the molecule is C=CCN(CCC)c1ccc([C@@H](C)N)cc1. The van der Waals surface area contributed by atoms with Crippen molar-refractivity contribution >= 4 is 5.69 Å². The smallest absolute Gasteiger partial charge is 0.0369 e. The number of nitrogens with two attached hydrogens (primary N) is 1. The molecule has 2 N–H and O–H groups in total. The maximum Gasteiger partial charge on any atom is 0.0369 e. The lowest BCUT2D eigenvalue weighted by Gasteiger charge is -2.23. The van der Waals surface area contributed by atoms with E-state index >= 15 is 0 Å². The van der Waals surface area contributed by atoms with Crippen LogP contribution in [0.3, 0.4) is 0 Å². The third-order valence-corrected chi connectivity index (χ3v) is 2.63. The summed E-state index contributed by atoms with van der Waals surface area (Å²) in [7, 11) is 0. The molecule has 16 heavy (non-hydrogen) atoms. The average Bonchev–Trinajstić information content (AvgIpc) is 2.29. The predicted molar refractivity (Wildman–Crippen MR) is 71.7 cm³/mol. The third kappa shape index (κ3) is 3.38. The van der Waals surface area contributed by atoms with E-state index in [1.54, 1.807) is 0 Å². The Balaban J connectivity index is 2.80. The van der Waals surface area contributed by atoms with Gasteiger partial charge in [-0.25, -0.2) is 0 Å².